The summed E-state index contributed by atoms with van der Waals surface area (Å²) in [6.45, 7) is 8.06. The van der Waals surface area contributed by atoms with E-state index < -0.39 is 0 Å². The zero-order valence-corrected chi connectivity index (χ0v) is 17.2. The van der Waals surface area contributed by atoms with Gasteiger partial charge in [-0.15, -0.1) is 0 Å². The first-order valence-corrected chi connectivity index (χ1v) is 10.2. The second kappa shape index (κ2) is 8.75. The Kier molecular flexibility index (Phi) is 6.38. The molecule has 146 valence electrons. The largest absolute Gasteiger partial charge is 0.496 e. The molecule has 2 aromatic rings. The van der Waals surface area contributed by atoms with Gasteiger partial charge in [0.1, 0.15) is 11.6 Å². The summed E-state index contributed by atoms with van der Waals surface area (Å²) in [6, 6.07) is 11.5. The zero-order chi connectivity index (χ0) is 19.4. The number of pyridine rings is 1. The molecule has 1 fully saturated rings. The number of rotatable bonds is 6. The lowest BCUT2D eigenvalue weighted by atomic mass is 9.94. The van der Waals surface area contributed by atoms with E-state index >= 15 is 0 Å². The lowest BCUT2D eigenvalue weighted by Gasteiger charge is -2.39. The van der Waals surface area contributed by atoms with Gasteiger partial charge in [0.25, 0.3) is 0 Å². The van der Waals surface area contributed by atoms with Gasteiger partial charge in [-0.3, -0.25) is 4.90 Å². The van der Waals surface area contributed by atoms with E-state index in [0.717, 1.165) is 36.4 Å². The number of nitrogens with zero attached hydrogens (tertiary/aromatic N) is 2. The summed E-state index contributed by atoms with van der Waals surface area (Å²) in [7, 11) is 1.73. The standard InChI is InChI=1S/C23H33N3O/c1-5-18-14-20(21-10-7-11-23(24)25-21)22(27-4)15-19(18)12-13-26-16(2)8-6-9-17(26)3/h7,10-11,14-17H,5-6,8-9,12-13H2,1-4H3,(H2,24,25). The molecule has 2 heterocycles. The maximum atomic E-state index is 5.89. The molecule has 0 saturated carbocycles. The highest BCUT2D eigenvalue weighted by molar-refractivity contribution is 5.70. The van der Waals surface area contributed by atoms with Gasteiger partial charge in [-0.25, -0.2) is 4.98 Å². The van der Waals surface area contributed by atoms with Crippen LogP contribution in [-0.4, -0.2) is 35.6 Å². The van der Waals surface area contributed by atoms with E-state index in [2.05, 4.69) is 42.8 Å². The molecule has 1 aliphatic heterocycles. The smallest absolute Gasteiger partial charge is 0.128 e. The molecule has 3 rings (SSSR count). The average Bonchev–Trinajstić information content (AvgIpc) is 2.67. The second-order valence-corrected chi connectivity index (χ2v) is 7.74. The van der Waals surface area contributed by atoms with Crippen molar-refractivity contribution >= 4 is 5.82 Å². The summed E-state index contributed by atoms with van der Waals surface area (Å²) in [5.74, 6) is 1.41. The molecule has 0 amide bonds. The van der Waals surface area contributed by atoms with Crippen LogP contribution in [0.25, 0.3) is 11.3 Å². The number of aryl methyl sites for hydroxylation is 1. The van der Waals surface area contributed by atoms with Gasteiger partial charge in [0.05, 0.1) is 12.8 Å². The zero-order valence-electron chi connectivity index (χ0n) is 17.2. The van der Waals surface area contributed by atoms with Crippen molar-refractivity contribution in [1.82, 2.24) is 9.88 Å². The van der Waals surface area contributed by atoms with E-state index in [1.54, 1.807) is 7.11 Å². The summed E-state index contributed by atoms with van der Waals surface area (Å²) in [5.41, 5.74) is 10.5. The highest BCUT2D eigenvalue weighted by atomic mass is 16.5. The van der Waals surface area contributed by atoms with Gasteiger partial charge in [-0.05, 0) is 74.9 Å². The summed E-state index contributed by atoms with van der Waals surface area (Å²) in [5, 5.41) is 0. The predicted octanol–water partition coefficient (Wildman–Crippen LogP) is 4.71. The molecule has 1 aromatic heterocycles. The number of anilines is 1. The third-order valence-corrected chi connectivity index (χ3v) is 5.96. The average molecular weight is 368 g/mol. The fraction of sp³-hybridized carbons (Fsp3) is 0.522. The monoisotopic (exact) mass is 367 g/mol. The van der Waals surface area contributed by atoms with Crippen molar-refractivity contribution in [2.75, 3.05) is 19.4 Å². The number of hydrogen-bond donors (Lipinski definition) is 1. The van der Waals surface area contributed by atoms with Crippen molar-refractivity contribution in [2.45, 2.75) is 65.0 Å². The van der Waals surface area contributed by atoms with Crippen molar-refractivity contribution in [1.29, 1.82) is 0 Å². The predicted molar refractivity (Wildman–Crippen MR) is 113 cm³/mol. The first-order chi connectivity index (χ1) is 13.0. The Morgan fingerprint density at radius 3 is 2.52 bits per heavy atom. The molecule has 27 heavy (non-hydrogen) atoms. The Hall–Kier alpha value is -2.07. The number of ether oxygens (including phenoxy) is 1. The molecule has 0 radical (unpaired) electrons. The van der Waals surface area contributed by atoms with Crippen LogP contribution in [0.1, 0.15) is 51.2 Å². The molecule has 2 N–H and O–H groups in total. The Morgan fingerprint density at radius 2 is 1.89 bits per heavy atom. The van der Waals surface area contributed by atoms with Crippen LogP contribution >= 0.6 is 0 Å². The summed E-state index contributed by atoms with van der Waals surface area (Å²) < 4.78 is 5.72. The van der Waals surface area contributed by atoms with E-state index in [0.29, 0.717) is 17.9 Å². The number of piperidine rings is 1. The lowest BCUT2D eigenvalue weighted by Crippen LogP contribution is -2.44. The number of benzene rings is 1. The lowest BCUT2D eigenvalue weighted by molar-refractivity contribution is 0.105. The first kappa shape index (κ1) is 19.7. The van der Waals surface area contributed by atoms with Crippen molar-refractivity contribution in [2.24, 2.45) is 0 Å². The number of methoxy groups -OCH3 is 1. The van der Waals surface area contributed by atoms with Crippen molar-refractivity contribution in [3.63, 3.8) is 0 Å². The summed E-state index contributed by atoms with van der Waals surface area (Å²) >= 11 is 0. The molecule has 1 aliphatic rings. The fourth-order valence-electron chi connectivity index (χ4n) is 4.36. The van der Waals surface area contributed by atoms with Crippen LogP contribution in [0.2, 0.25) is 0 Å². The molecular weight excluding hydrogens is 334 g/mol. The first-order valence-electron chi connectivity index (χ1n) is 10.2. The molecule has 2 atom stereocenters. The van der Waals surface area contributed by atoms with E-state index in [4.69, 9.17) is 10.5 Å². The van der Waals surface area contributed by atoms with Gasteiger partial charge < -0.3 is 10.5 Å². The number of likely N-dealkylation sites (tertiary alicyclic amines) is 1. The highest BCUT2D eigenvalue weighted by Crippen LogP contribution is 2.33. The molecule has 2 unspecified atom stereocenters. The maximum Gasteiger partial charge on any atom is 0.128 e. The normalized spacial score (nSPS) is 20.6. The van der Waals surface area contributed by atoms with Crippen molar-refractivity contribution < 1.29 is 4.74 Å². The van der Waals surface area contributed by atoms with Crippen molar-refractivity contribution in [3.05, 3.63) is 41.5 Å². The minimum absolute atomic E-state index is 0.532. The van der Waals surface area contributed by atoms with Gasteiger partial charge in [0, 0.05) is 24.2 Å². The van der Waals surface area contributed by atoms with Crippen LogP contribution in [-0.2, 0) is 12.8 Å². The van der Waals surface area contributed by atoms with Crippen LogP contribution in [0.3, 0.4) is 0 Å². The molecule has 0 bridgehead atoms. The quantitative estimate of drug-likeness (QED) is 0.803. The van der Waals surface area contributed by atoms with Crippen LogP contribution < -0.4 is 10.5 Å². The molecule has 0 spiro atoms. The number of aromatic nitrogens is 1. The summed E-state index contributed by atoms with van der Waals surface area (Å²) in [4.78, 5) is 7.16. The van der Waals surface area contributed by atoms with E-state index in [1.165, 1.54) is 30.4 Å². The van der Waals surface area contributed by atoms with Gasteiger partial charge in [0.15, 0.2) is 0 Å². The Balaban J connectivity index is 1.87. The maximum absolute atomic E-state index is 5.89. The number of nitrogens with two attached hydrogens (primary N) is 1. The molecule has 4 heteroatoms. The summed E-state index contributed by atoms with van der Waals surface area (Å²) in [6.07, 6.45) is 6.04. The van der Waals surface area contributed by atoms with Crippen LogP contribution in [0, 0.1) is 0 Å². The third kappa shape index (κ3) is 4.44. The van der Waals surface area contributed by atoms with Gasteiger partial charge >= 0.3 is 0 Å². The Bertz CT molecular complexity index is 764. The highest BCUT2D eigenvalue weighted by Gasteiger charge is 2.24. The molecule has 1 aromatic carbocycles. The van der Waals surface area contributed by atoms with Gasteiger partial charge in [-0.1, -0.05) is 19.4 Å². The van der Waals surface area contributed by atoms with E-state index in [-0.39, 0.29) is 0 Å². The Labute approximate surface area is 163 Å². The van der Waals surface area contributed by atoms with Crippen LogP contribution in [0.5, 0.6) is 5.75 Å². The number of nitrogen functional groups attached to an aromatic ring is 1. The second-order valence-electron chi connectivity index (χ2n) is 7.74. The molecule has 4 nitrogen and oxygen atoms in total. The van der Waals surface area contributed by atoms with E-state index in [1.807, 2.05) is 18.2 Å². The van der Waals surface area contributed by atoms with Gasteiger partial charge in [-0.2, -0.15) is 0 Å². The van der Waals surface area contributed by atoms with Crippen molar-refractivity contribution in [3.8, 4) is 17.0 Å². The minimum Gasteiger partial charge on any atom is -0.496 e. The topological polar surface area (TPSA) is 51.4 Å². The third-order valence-electron chi connectivity index (χ3n) is 5.96. The van der Waals surface area contributed by atoms with Crippen LogP contribution in [0.4, 0.5) is 5.82 Å². The molecule has 0 aliphatic carbocycles. The number of hydrogen-bond acceptors (Lipinski definition) is 4. The van der Waals surface area contributed by atoms with E-state index in [9.17, 15) is 0 Å². The SMILES string of the molecule is CCc1cc(-c2cccc(N)n2)c(OC)cc1CCN1C(C)CCCC1C. The fourth-order valence-corrected chi connectivity index (χ4v) is 4.36. The molecule has 1 saturated heterocycles. The minimum atomic E-state index is 0.532. The van der Waals surface area contributed by atoms with Crippen LogP contribution in [0.15, 0.2) is 30.3 Å². The molecular formula is C23H33N3O. The Morgan fingerprint density at radius 1 is 1.15 bits per heavy atom. The van der Waals surface area contributed by atoms with Gasteiger partial charge in [0.2, 0.25) is 0 Å².